The molecule has 0 bridgehead atoms. The van der Waals surface area contributed by atoms with Gasteiger partial charge in [0.2, 0.25) is 11.6 Å². The number of carbonyl (C=O) groups excluding carboxylic acids is 1. The summed E-state index contributed by atoms with van der Waals surface area (Å²) in [4.78, 5) is 43.4. The standard InChI is InChI=1S/C17H18ClN7O5/c1-10-4-6-23(7-5-10)16-14(25(29)30)15(19-9-20-16)21-22-17(26)11-2-3-12(18)13(8-11)24(27)28/h2-3,8-10H,4-7H2,1H3,(H,22,26)(H,19,20,21). The van der Waals surface area contributed by atoms with Crippen LogP contribution in [0.2, 0.25) is 5.02 Å². The number of nitro groups is 2. The second-order valence-corrected chi connectivity index (χ2v) is 7.23. The van der Waals surface area contributed by atoms with Crippen molar-refractivity contribution in [3.05, 3.63) is 55.3 Å². The monoisotopic (exact) mass is 435 g/mol. The molecule has 0 spiro atoms. The quantitative estimate of drug-likeness (QED) is 0.514. The molecule has 158 valence electrons. The molecule has 2 aromatic rings. The number of benzene rings is 1. The van der Waals surface area contributed by atoms with E-state index in [1.807, 2.05) is 4.90 Å². The molecule has 12 nitrogen and oxygen atoms in total. The predicted molar refractivity (Wildman–Crippen MR) is 108 cm³/mol. The minimum absolute atomic E-state index is 0.0550. The molecule has 2 N–H and O–H groups in total. The maximum atomic E-state index is 12.3. The smallest absolute Gasteiger partial charge is 0.351 e. The fourth-order valence-electron chi connectivity index (χ4n) is 3.06. The average molecular weight is 436 g/mol. The summed E-state index contributed by atoms with van der Waals surface area (Å²) >= 11 is 5.74. The number of nitro benzene ring substituents is 1. The topological polar surface area (TPSA) is 156 Å². The van der Waals surface area contributed by atoms with E-state index in [-0.39, 0.29) is 27.9 Å². The van der Waals surface area contributed by atoms with Crippen LogP contribution in [0.3, 0.4) is 0 Å². The lowest BCUT2D eigenvalue weighted by Crippen LogP contribution is -2.35. The molecule has 0 radical (unpaired) electrons. The average Bonchev–Trinajstić information content (AvgIpc) is 2.72. The van der Waals surface area contributed by atoms with Crippen molar-refractivity contribution in [2.24, 2.45) is 5.92 Å². The summed E-state index contributed by atoms with van der Waals surface area (Å²) in [5.74, 6) is -0.250. The first-order valence-corrected chi connectivity index (χ1v) is 9.40. The molecule has 3 rings (SSSR count). The van der Waals surface area contributed by atoms with E-state index in [0.717, 1.165) is 18.9 Å². The molecule has 2 heterocycles. The van der Waals surface area contributed by atoms with Crippen LogP contribution in [-0.4, -0.2) is 38.8 Å². The number of aromatic nitrogens is 2. The van der Waals surface area contributed by atoms with Gasteiger partial charge in [0.15, 0.2) is 0 Å². The van der Waals surface area contributed by atoms with Crippen molar-refractivity contribution in [3.63, 3.8) is 0 Å². The molecule has 1 aromatic heterocycles. The van der Waals surface area contributed by atoms with Gasteiger partial charge in [-0.15, -0.1) is 0 Å². The molecular formula is C17H18ClN7O5. The van der Waals surface area contributed by atoms with Crippen molar-refractivity contribution in [1.29, 1.82) is 0 Å². The number of anilines is 2. The Bertz CT molecular complexity index is 994. The van der Waals surface area contributed by atoms with Gasteiger partial charge in [-0.3, -0.25) is 35.9 Å². The second-order valence-electron chi connectivity index (χ2n) is 6.82. The normalized spacial score (nSPS) is 14.3. The number of hydrogen-bond acceptors (Lipinski definition) is 9. The molecule has 1 amide bonds. The molecular weight excluding hydrogens is 418 g/mol. The summed E-state index contributed by atoms with van der Waals surface area (Å²) in [7, 11) is 0. The van der Waals surface area contributed by atoms with Gasteiger partial charge in [0.25, 0.3) is 11.6 Å². The summed E-state index contributed by atoms with van der Waals surface area (Å²) in [6, 6.07) is 3.52. The van der Waals surface area contributed by atoms with E-state index in [0.29, 0.717) is 19.0 Å². The SMILES string of the molecule is CC1CCN(c2ncnc(NNC(=O)c3ccc(Cl)c([N+](=O)[O-])c3)c2[N+](=O)[O-])CC1. The van der Waals surface area contributed by atoms with Gasteiger partial charge in [-0.2, -0.15) is 0 Å². The van der Waals surface area contributed by atoms with Crippen LogP contribution >= 0.6 is 11.6 Å². The summed E-state index contributed by atoms with van der Waals surface area (Å²) in [5, 5.41) is 22.5. The molecule has 1 saturated heterocycles. The van der Waals surface area contributed by atoms with Gasteiger partial charge in [0, 0.05) is 24.7 Å². The first-order valence-electron chi connectivity index (χ1n) is 9.02. The maximum Gasteiger partial charge on any atom is 0.355 e. The predicted octanol–water partition coefficient (Wildman–Crippen LogP) is 2.94. The third-order valence-electron chi connectivity index (χ3n) is 4.77. The highest BCUT2D eigenvalue weighted by atomic mass is 35.5. The van der Waals surface area contributed by atoms with Crippen molar-refractivity contribution in [2.75, 3.05) is 23.4 Å². The summed E-state index contributed by atoms with van der Waals surface area (Å²) in [5.41, 5.74) is 3.84. The molecule has 1 aliphatic rings. The zero-order valence-corrected chi connectivity index (χ0v) is 16.6. The number of hydrogen-bond donors (Lipinski definition) is 2. The van der Waals surface area contributed by atoms with Gasteiger partial charge < -0.3 is 4.90 Å². The lowest BCUT2D eigenvalue weighted by Gasteiger charge is -2.30. The molecule has 30 heavy (non-hydrogen) atoms. The van der Waals surface area contributed by atoms with Gasteiger partial charge in [0.05, 0.1) is 9.85 Å². The van der Waals surface area contributed by atoms with E-state index < -0.39 is 21.4 Å². The highest BCUT2D eigenvalue weighted by Crippen LogP contribution is 2.33. The van der Waals surface area contributed by atoms with Crippen LogP contribution in [-0.2, 0) is 0 Å². The molecule has 0 unspecified atom stereocenters. The Kier molecular flexibility index (Phi) is 6.26. The number of nitrogens with zero attached hydrogens (tertiary/aromatic N) is 5. The lowest BCUT2D eigenvalue weighted by atomic mass is 9.99. The van der Waals surface area contributed by atoms with Crippen LogP contribution in [0.15, 0.2) is 24.5 Å². The molecule has 1 fully saturated rings. The van der Waals surface area contributed by atoms with Crippen molar-refractivity contribution in [1.82, 2.24) is 15.4 Å². The van der Waals surface area contributed by atoms with Gasteiger partial charge in [-0.25, -0.2) is 9.97 Å². The van der Waals surface area contributed by atoms with Crippen LogP contribution in [0.1, 0.15) is 30.1 Å². The first-order chi connectivity index (χ1) is 14.3. The highest BCUT2D eigenvalue weighted by Gasteiger charge is 2.29. The van der Waals surface area contributed by atoms with Gasteiger partial charge in [-0.05, 0) is 30.9 Å². The van der Waals surface area contributed by atoms with Crippen LogP contribution < -0.4 is 15.8 Å². The minimum atomic E-state index is -0.754. The van der Waals surface area contributed by atoms with Gasteiger partial charge >= 0.3 is 5.69 Å². The van der Waals surface area contributed by atoms with E-state index >= 15 is 0 Å². The number of halogens is 1. The van der Waals surface area contributed by atoms with Crippen molar-refractivity contribution < 1.29 is 14.6 Å². The highest BCUT2D eigenvalue weighted by molar-refractivity contribution is 6.32. The Morgan fingerprint density at radius 1 is 1.20 bits per heavy atom. The maximum absolute atomic E-state index is 12.3. The number of hydrazine groups is 1. The van der Waals surface area contributed by atoms with Gasteiger partial charge in [-0.1, -0.05) is 18.5 Å². The largest absolute Gasteiger partial charge is 0.355 e. The Labute approximate surface area is 175 Å². The van der Waals surface area contributed by atoms with Gasteiger partial charge in [0.1, 0.15) is 11.3 Å². The molecule has 1 aromatic carbocycles. The van der Waals surface area contributed by atoms with E-state index in [4.69, 9.17) is 11.6 Å². The number of rotatable bonds is 6. The fourth-order valence-corrected chi connectivity index (χ4v) is 3.25. The lowest BCUT2D eigenvalue weighted by molar-refractivity contribution is -0.384. The second kappa shape index (κ2) is 8.86. The van der Waals surface area contributed by atoms with E-state index in [2.05, 4.69) is 27.7 Å². The van der Waals surface area contributed by atoms with Crippen LogP contribution in [0, 0.1) is 26.1 Å². The zero-order chi connectivity index (χ0) is 21.8. The van der Waals surface area contributed by atoms with E-state index in [1.54, 1.807) is 0 Å². The Hall–Kier alpha value is -3.54. The van der Waals surface area contributed by atoms with Crippen molar-refractivity contribution in [2.45, 2.75) is 19.8 Å². The number of piperidine rings is 1. The number of nitrogens with one attached hydrogen (secondary N) is 2. The Morgan fingerprint density at radius 2 is 1.90 bits per heavy atom. The number of amides is 1. The molecule has 0 aliphatic carbocycles. The molecule has 0 saturated carbocycles. The van der Waals surface area contributed by atoms with Crippen LogP contribution in [0.4, 0.5) is 23.0 Å². The first kappa shape index (κ1) is 21.2. The van der Waals surface area contributed by atoms with Crippen molar-refractivity contribution in [3.8, 4) is 0 Å². The molecule has 1 aliphatic heterocycles. The third kappa shape index (κ3) is 4.54. The number of carbonyl (C=O) groups is 1. The van der Waals surface area contributed by atoms with E-state index in [9.17, 15) is 25.0 Å². The minimum Gasteiger partial charge on any atom is -0.351 e. The summed E-state index contributed by atoms with van der Waals surface area (Å²) in [6.07, 6.45) is 2.94. The van der Waals surface area contributed by atoms with Crippen LogP contribution in [0.25, 0.3) is 0 Å². The van der Waals surface area contributed by atoms with Crippen molar-refractivity contribution >= 4 is 40.5 Å². The zero-order valence-electron chi connectivity index (χ0n) is 15.9. The van der Waals surface area contributed by atoms with Crippen LogP contribution in [0.5, 0.6) is 0 Å². The Balaban J connectivity index is 1.81. The summed E-state index contributed by atoms with van der Waals surface area (Å²) in [6.45, 7) is 3.37. The molecule has 0 atom stereocenters. The fraction of sp³-hybridized carbons (Fsp3) is 0.353. The third-order valence-corrected chi connectivity index (χ3v) is 5.09. The van der Waals surface area contributed by atoms with E-state index in [1.165, 1.54) is 18.5 Å². The summed E-state index contributed by atoms with van der Waals surface area (Å²) < 4.78 is 0. The Morgan fingerprint density at radius 3 is 2.53 bits per heavy atom. The molecule has 13 heteroatoms.